The van der Waals surface area contributed by atoms with E-state index in [0.717, 1.165) is 24.3 Å². The van der Waals surface area contributed by atoms with Crippen LogP contribution in [0.3, 0.4) is 0 Å². The number of phenolic OH excluding ortho intramolecular Hbond substituents is 1. The molecule has 0 spiro atoms. The summed E-state index contributed by atoms with van der Waals surface area (Å²) in [5, 5.41) is 21.1. The predicted molar refractivity (Wildman–Crippen MR) is 76.0 cm³/mol. The van der Waals surface area contributed by atoms with Crippen molar-refractivity contribution in [1.82, 2.24) is 0 Å². The van der Waals surface area contributed by atoms with Crippen LogP contribution in [0.25, 0.3) is 10.8 Å². The van der Waals surface area contributed by atoms with Crippen molar-refractivity contribution in [2.24, 2.45) is 0 Å². The van der Waals surface area contributed by atoms with Crippen LogP contribution in [0.15, 0.2) is 34.1 Å². The van der Waals surface area contributed by atoms with Crippen LogP contribution in [0.1, 0.15) is 0 Å². The summed E-state index contributed by atoms with van der Waals surface area (Å²) in [7, 11) is -9.24. The molecular weight excluding hydrogens is 338 g/mol. The average molecular weight is 349 g/mol. The van der Waals surface area contributed by atoms with Crippen molar-refractivity contribution in [3.05, 3.63) is 24.3 Å². The lowest BCUT2D eigenvalue weighted by atomic mass is 10.1. The zero-order valence-corrected chi connectivity index (χ0v) is 12.4. The summed E-state index contributed by atoms with van der Waals surface area (Å²) in [4.78, 5) is -1.23. The molecule has 120 valence electrons. The molecule has 0 aromatic heterocycles. The van der Waals surface area contributed by atoms with Gasteiger partial charge in [-0.25, -0.2) is 0 Å². The number of hydrogen-bond donors (Lipinski definition) is 5. The first-order valence-electron chi connectivity index (χ1n) is 5.64. The number of hydrogen-bond acceptors (Lipinski definition) is 7. The van der Waals surface area contributed by atoms with E-state index in [1.54, 1.807) is 0 Å². The van der Waals surface area contributed by atoms with Gasteiger partial charge in [-0.2, -0.15) is 16.8 Å². The van der Waals surface area contributed by atoms with Gasteiger partial charge in [0.15, 0.2) is 0 Å². The van der Waals surface area contributed by atoms with Crippen LogP contribution in [0.2, 0.25) is 0 Å². The molecule has 0 bridgehead atoms. The molecule has 0 heterocycles. The number of anilines is 1. The van der Waals surface area contributed by atoms with Crippen molar-refractivity contribution in [1.29, 1.82) is 0 Å². The summed E-state index contributed by atoms with van der Waals surface area (Å²) >= 11 is 0. The smallest absolute Gasteiger partial charge is 0.294 e. The van der Waals surface area contributed by atoms with E-state index in [9.17, 15) is 21.9 Å². The van der Waals surface area contributed by atoms with Crippen molar-refractivity contribution >= 4 is 36.7 Å². The molecule has 0 fully saturated rings. The fourth-order valence-corrected chi connectivity index (χ4v) is 3.04. The van der Waals surface area contributed by atoms with Gasteiger partial charge in [0, 0.05) is 17.1 Å². The summed E-state index contributed by atoms with van der Waals surface area (Å²) in [6, 6.07) is 3.57. The topological polar surface area (TPSA) is 161 Å². The van der Waals surface area contributed by atoms with E-state index < -0.39 is 42.5 Å². The summed E-state index contributed by atoms with van der Waals surface area (Å²) in [5.41, 5.74) is -0.0491. The molecule has 0 saturated carbocycles. The van der Waals surface area contributed by atoms with E-state index in [1.165, 1.54) is 0 Å². The van der Waals surface area contributed by atoms with Crippen LogP contribution >= 0.6 is 0 Å². The molecular formula is C11H11NO8S2. The first-order chi connectivity index (χ1) is 10.0. The maximum Gasteiger partial charge on any atom is 0.294 e. The molecule has 11 heteroatoms. The Morgan fingerprint density at radius 1 is 0.909 bits per heavy atom. The number of nitrogens with one attached hydrogen (secondary N) is 1. The van der Waals surface area contributed by atoms with Crippen LogP contribution in [0.5, 0.6) is 5.75 Å². The normalized spacial score (nSPS) is 12.5. The molecule has 0 radical (unpaired) electrons. The van der Waals surface area contributed by atoms with Crippen molar-refractivity contribution in [3.63, 3.8) is 0 Å². The van der Waals surface area contributed by atoms with E-state index in [4.69, 9.17) is 14.2 Å². The third kappa shape index (κ3) is 3.13. The van der Waals surface area contributed by atoms with Gasteiger partial charge in [-0.05, 0) is 23.6 Å². The van der Waals surface area contributed by atoms with Crippen molar-refractivity contribution < 1.29 is 36.2 Å². The molecule has 0 aliphatic rings. The van der Waals surface area contributed by atoms with Gasteiger partial charge in [0.25, 0.3) is 20.2 Å². The zero-order chi connectivity index (χ0) is 16.7. The summed E-state index contributed by atoms with van der Waals surface area (Å²) in [5.74, 6) is -0.567. The Balaban J connectivity index is 2.94. The Kier molecular flexibility index (Phi) is 4.02. The predicted octanol–water partition coefficient (Wildman–Crippen LogP) is 0.400. The Bertz CT molecular complexity index is 944. The third-order valence-corrected chi connectivity index (χ3v) is 4.50. The molecule has 22 heavy (non-hydrogen) atoms. The highest BCUT2D eigenvalue weighted by Gasteiger charge is 2.19. The first kappa shape index (κ1) is 16.5. The van der Waals surface area contributed by atoms with Crippen molar-refractivity contribution in [2.75, 3.05) is 12.0 Å². The molecule has 2 aromatic rings. The summed E-state index contributed by atoms with van der Waals surface area (Å²) < 4.78 is 62.9. The van der Waals surface area contributed by atoms with Crippen LogP contribution in [0.4, 0.5) is 5.69 Å². The minimum atomic E-state index is -4.63. The quantitative estimate of drug-likeness (QED) is 0.388. The maximum atomic E-state index is 11.2. The van der Waals surface area contributed by atoms with Crippen LogP contribution < -0.4 is 5.32 Å². The van der Waals surface area contributed by atoms with Crippen LogP contribution in [-0.4, -0.2) is 42.9 Å². The molecule has 5 N–H and O–H groups in total. The molecule has 2 rings (SSSR count). The minimum Gasteiger partial charge on any atom is -0.507 e. The first-order valence-corrected chi connectivity index (χ1v) is 8.52. The summed E-state index contributed by atoms with van der Waals surface area (Å²) in [6.07, 6.45) is 0. The van der Waals surface area contributed by atoms with Crippen LogP contribution in [-0.2, 0) is 20.2 Å². The highest BCUT2D eigenvalue weighted by molar-refractivity contribution is 7.86. The maximum absolute atomic E-state index is 11.2. The van der Waals surface area contributed by atoms with Crippen molar-refractivity contribution in [3.8, 4) is 5.75 Å². The molecule has 0 aliphatic heterocycles. The number of aliphatic hydroxyl groups excluding tert-OH is 1. The number of phenols is 1. The number of benzene rings is 2. The van der Waals surface area contributed by atoms with Gasteiger partial charge in [0.1, 0.15) is 12.5 Å². The van der Waals surface area contributed by atoms with Crippen molar-refractivity contribution in [2.45, 2.75) is 9.79 Å². The SMILES string of the molecule is O=S(=O)(O)c1cc(O)c2c(NCO)cc(S(=O)(=O)O)cc2c1. The van der Waals surface area contributed by atoms with Gasteiger partial charge in [-0.15, -0.1) is 0 Å². The Labute approximate surface area is 125 Å². The molecule has 0 atom stereocenters. The van der Waals surface area contributed by atoms with E-state index in [0.29, 0.717) is 0 Å². The lowest BCUT2D eigenvalue weighted by Gasteiger charge is -2.12. The molecule has 2 aromatic carbocycles. The second-order valence-electron chi connectivity index (χ2n) is 4.30. The van der Waals surface area contributed by atoms with E-state index in [1.807, 2.05) is 0 Å². The standard InChI is InChI=1S/C11H11NO8S2/c13-5-12-9-3-7(21(15,16)17)1-6-2-8(22(18,19)20)4-10(14)11(6)9/h1-4,12-14H,5H2,(H,15,16,17)(H,18,19,20). The van der Waals surface area contributed by atoms with Gasteiger partial charge in [-0.1, -0.05) is 0 Å². The Hall–Kier alpha value is -1.92. The summed E-state index contributed by atoms with van der Waals surface area (Å²) in [6.45, 7) is -0.608. The fraction of sp³-hybridized carbons (Fsp3) is 0.0909. The van der Waals surface area contributed by atoms with Gasteiger partial charge >= 0.3 is 0 Å². The van der Waals surface area contributed by atoms with Gasteiger partial charge in [0.05, 0.1) is 9.79 Å². The van der Waals surface area contributed by atoms with E-state index >= 15 is 0 Å². The zero-order valence-electron chi connectivity index (χ0n) is 10.8. The molecule has 0 saturated heterocycles. The second kappa shape index (κ2) is 5.37. The number of rotatable bonds is 4. The third-order valence-electron chi connectivity index (χ3n) is 2.84. The van der Waals surface area contributed by atoms with Gasteiger partial charge < -0.3 is 15.5 Å². The monoisotopic (exact) mass is 349 g/mol. The molecule has 0 amide bonds. The second-order valence-corrected chi connectivity index (χ2v) is 7.14. The average Bonchev–Trinajstić information content (AvgIpc) is 2.36. The number of aliphatic hydroxyl groups is 1. The Morgan fingerprint density at radius 3 is 1.86 bits per heavy atom. The number of fused-ring (bicyclic) bond motifs is 1. The lowest BCUT2D eigenvalue weighted by molar-refractivity contribution is 0.326. The number of aromatic hydroxyl groups is 1. The molecule has 9 nitrogen and oxygen atoms in total. The lowest BCUT2D eigenvalue weighted by Crippen LogP contribution is -2.05. The largest absolute Gasteiger partial charge is 0.507 e. The van der Waals surface area contributed by atoms with E-state index in [-0.39, 0.29) is 16.5 Å². The van der Waals surface area contributed by atoms with E-state index in [2.05, 4.69) is 5.32 Å². The highest BCUT2D eigenvalue weighted by atomic mass is 32.2. The molecule has 0 aliphatic carbocycles. The minimum absolute atomic E-state index is 0.00819. The van der Waals surface area contributed by atoms with Gasteiger partial charge in [-0.3, -0.25) is 9.11 Å². The molecule has 0 unspecified atom stereocenters. The fourth-order valence-electron chi connectivity index (χ4n) is 1.96. The van der Waals surface area contributed by atoms with Crippen LogP contribution in [0, 0.1) is 0 Å². The van der Waals surface area contributed by atoms with Gasteiger partial charge in [0.2, 0.25) is 0 Å². The Morgan fingerprint density at radius 2 is 1.41 bits per heavy atom. The highest BCUT2D eigenvalue weighted by Crippen LogP contribution is 2.36.